The lowest BCUT2D eigenvalue weighted by atomic mass is 10.1. The zero-order valence-corrected chi connectivity index (χ0v) is 22.0. The molecule has 10 nitrogen and oxygen atoms in total. The Morgan fingerprint density at radius 2 is 1.97 bits per heavy atom. The van der Waals surface area contributed by atoms with Gasteiger partial charge in [-0.25, -0.2) is 4.68 Å². The number of nitrogens with zero attached hydrogens (tertiary/aromatic N) is 5. The van der Waals surface area contributed by atoms with Crippen molar-refractivity contribution < 1.29 is 19.4 Å². The summed E-state index contributed by atoms with van der Waals surface area (Å²) < 4.78 is 7.74. The van der Waals surface area contributed by atoms with Gasteiger partial charge in [0.15, 0.2) is 16.5 Å². The van der Waals surface area contributed by atoms with Crippen molar-refractivity contribution in [2.24, 2.45) is 0 Å². The second-order valence-electron chi connectivity index (χ2n) is 10.1. The van der Waals surface area contributed by atoms with E-state index in [1.807, 2.05) is 20.8 Å². The van der Waals surface area contributed by atoms with E-state index < -0.39 is 11.6 Å². The Labute approximate surface area is 217 Å². The summed E-state index contributed by atoms with van der Waals surface area (Å²) >= 11 is 7.23. The molecule has 2 fully saturated rings. The van der Waals surface area contributed by atoms with E-state index in [1.165, 1.54) is 11.3 Å². The first-order chi connectivity index (χ1) is 17.1. The molecule has 2 atom stereocenters. The fourth-order valence-electron chi connectivity index (χ4n) is 4.62. The van der Waals surface area contributed by atoms with Gasteiger partial charge in [-0.2, -0.15) is 10.1 Å². The van der Waals surface area contributed by atoms with E-state index in [9.17, 15) is 14.7 Å². The van der Waals surface area contributed by atoms with Gasteiger partial charge in [0.2, 0.25) is 0 Å². The van der Waals surface area contributed by atoms with Crippen LogP contribution in [0.1, 0.15) is 41.6 Å². The monoisotopic (exact) mass is 532 g/mol. The molecule has 1 aromatic carbocycles. The van der Waals surface area contributed by atoms with Gasteiger partial charge in [0.05, 0.1) is 30.9 Å². The maximum atomic E-state index is 13.6. The van der Waals surface area contributed by atoms with Gasteiger partial charge in [-0.05, 0) is 39.0 Å². The fourth-order valence-corrected chi connectivity index (χ4v) is 5.72. The lowest BCUT2D eigenvalue weighted by molar-refractivity contribution is -0.00611. The number of halogens is 1. The molecule has 0 bridgehead atoms. The molecular formula is C24H29ClN6O4S. The number of aromatic nitrogens is 3. The minimum absolute atomic E-state index is 0.132. The molecule has 3 aromatic rings. The molecule has 0 saturated carbocycles. The standard InChI is InChI=1S/C24H29ClN6O4S/c1-24(2,3)31-20-19(36-23(26-20)27-21(33)14-5-4-6-15(25)11-14)18(28-31)22(34)30-12-16(17(32)13-30)29-7-9-35-10-8-29/h4-6,11,16-17,32H,7-10,12-13H2,1-3H3,(H,26,27,33)/t16-,17-/m0/s1. The number of rotatable bonds is 4. The number of ether oxygens (including phenoxy) is 1. The van der Waals surface area contributed by atoms with Crippen LogP contribution in [0.15, 0.2) is 24.3 Å². The summed E-state index contributed by atoms with van der Waals surface area (Å²) in [4.78, 5) is 34.8. The SMILES string of the molecule is CC(C)(C)n1nc(C(=O)N2C[C@H](O)[C@@H](N3CCOCC3)C2)c2sc(NC(=O)c3cccc(Cl)c3)nc21. The van der Waals surface area contributed by atoms with E-state index in [1.54, 1.807) is 33.8 Å². The quantitative estimate of drug-likeness (QED) is 0.531. The molecule has 0 spiro atoms. The van der Waals surface area contributed by atoms with E-state index in [0.717, 1.165) is 13.1 Å². The Morgan fingerprint density at radius 3 is 2.67 bits per heavy atom. The van der Waals surface area contributed by atoms with Crippen molar-refractivity contribution >= 4 is 50.2 Å². The van der Waals surface area contributed by atoms with Crippen LogP contribution in [0.5, 0.6) is 0 Å². The smallest absolute Gasteiger partial charge is 0.276 e. The molecular weight excluding hydrogens is 504 g/mol. The molecule has 36 heavy (non-hydrogen) atoms. The zero-order chi connectivity index (χ0) is 25.6. The van der Waals surface area contributed by atoms with E-state index in [-0.39, 0.29) is 30.1 Å². The Bertz CT molecular complexity index is 1300. The number of anilines is 1. The predicted octanol–water partition coefficient (Wildman–Crippen LogP) is 2.67. The van der Waals surface area contributed by atoms with Crippen molar-refractivity contribution in [3.63, 3.8) is 0 Å². The van der Waals surface area contributed by atoms with Crippen LogP contribution in [0.25, 0.3) is 10.3 Å². The highest BCUT2D eigenvalue weighted by molar-refractivity contribution is 7.22. The minimum Gasteiger partial charge on any atom is -0.390 e. The number of carbonyl (C=O) groups excluding carboxylic acids is 2. The van der Waals surface area contributed by atoms with Crippen LogP contribution in [0.2, 0.25) is 5.02 Å². The average molecular weight is 533 g/mol. The molecule has 12 heteroatoms. The third-order valence-corrected chi connectivity index (χ3v) is 7.63. The van der Waals surface area contributed by atoms with Crippen molar-refractivity contribution in [3.8, 4) is 0 Å². The van der Waals surface area contributed by atoms with Crippen molar-refractivity contribution in [1.82, 2.24) is 24.6 Å². The number of likely N-dealkylation sites (tertiary alicyclic amines) is 1. The molecule has 2 amide bonds. The summed E-state index contributed by atoms with van der Waals surface area (Å²) in [6.45, 7) is 9.30. The van der Waals surface area contributed by atoms with Gasteiger partial charge in [0, 0.05) is 36.8 Å². The maximum absolute atomic E-state index is 13.6. The molecule has 0 aliphatic carbocycles. The number of morpholine rings is 1. The van der Waals surface area contributed by atoms with Crippen molar-refractivity contribution in [1.29, 1.82) is 0 Å². The van der Waals surface area contributed by atoms with Gasteiger partial charge in [-0.3, -0.25) is 19.8 Å². The number of hydrogen-bond donors (Lipinski definition) is 2. The fraction of sp³-hybridized carbons (Fsp3) is 0.500. The summed E-state index contributed by atoms with van der Waals surface area (Å²) in [5, 5.41) is 19.0. The first-order valence-corrected chi connectivity index (χ1v) is 13.1. The van der Waals surface area contributed by atoms with Gasteiger partial charge in [0.25, 0.3) is 11.8 Å². The summed E-state index contributed by atoms with van der Waals surface area (Å²) in [6.07, 6.45) is -0.638. The van der Waals surface area contributed by atoms with Crippen LogP contribution < -0.4 is 5.32 Å². The van der Waals surface area contributed by atoms with Crippen LogP contribution >= 0.6 is 22.9 Å². The third-order valence-electron chi connectivity index (χ3n) is 6.43. The second-order valence-corrected chi connectivity index (χ2v) is 11.5. The molecule has 2 aromatic heterocycles. The van der Waals surface area contributed by atoms with E-state index in [0.29, 0.717) is 45.8 Å². The summed E-state index contributed by atoms with van der Waals surface area (Å²) in [5.74, 6) is -0.595. The van der Waals surface area contributed by atoms with Crippen LogP contribution in [-0.4, -0.2) is 93.0 Å². The van der Waals surface area contributed by atoms with Crippen LogP contribution in [0, 0.1) is 0 Å². The number of fused-ring (bicyclic) bond motifs is 1. The zero-order valence-electron chi connectivity index (χ0n) is 20.4. The van der Waals surface area contributed by atoms with Crippen molar-refractivity contribution in [2.45, 2.75) is 38.5 Å². The van der Waals surface area contributed by atoms with Crippen LogP contribution in [0.4, 0.5) is 5.13 Å². The summed E-state index contributed by atoms with van der Waals surface area (Å²) in [5.41, 5.74) is 0.771. The number of thiazole rings is 1. The molecule has 0 radical (unpaired) electrons. The van der Waals surface area contributed by atoms with E-state index in [2.05, 4.69) is 20.3 Å². The number of hydrogen-bond acceptors (Lipinski definition) is 8. The normalized spacial score (nSPS) is 21.3. The largest absolute Gasteiger partial charge is 0.390 e. The number of aliphatic hydroxyl groups excluding tert-OH is 1. The van der Waals surface area contributed by atoms with Gasteiger partial charge in [-0.15, -0.1) is 0 Å². The highest BCUT2D eigenvalue weighted by Crippen LogP contribution is 2.34. The second kappa shape index (κ2) is 9.71. The summed E-state index contributed by atoms with van der Waals surface area (Å²) in [7, 11) is 0. The Morgan fingerprint density at radius 1 is 1.22 bits per heavy atom. The Balaban J connectivity index is 1.43. The number of benzene rings is 1. The van der Waals surface area contributed by atoms with E-state index >= 15 is 0 Å². The van der Waals surface area contributed by atoms with Gasteiger partial charge >= 0.3 is 0 Å². The van der Waals surface area contributed by atoms with Crippen molar-refractivity contribution in [3.05, 3.63) is 40.5 Å². The molecule has 0 unspecified atom stereocenters. The predicted molar refractivity (Wildman–Crippen MR) is 138 cm³/mol. The molecule has 4 heterocycles. The molecule has 2 saturated heterocycles. The molecule has 2 aliphatic rings. The average Bonchev–Trinajstić information content (AvgIpc) is 3.51. The highest BCUT2D eigenvalue weighted by atomic mass is 35.5. The summed E-state index contributed by atoms with van der Waals surface area (Å²) in [6, 6.07) is 6.53. The molecule has 5 rings (SSSR count). The Hall–Kier alpha value is -2.57. The highest BCUT2D eigenvalue weighted by Gasteiger charge is 2.40. The number of nitrogens with one attached hydrogen (secondary N) is 1. The van der Waals surface area contributed by atoms with Gasteiger partial charge in [-0.1, -0.05) is 29.0 Å². The number of carbonyl (C=O) groups is 2. The number of amides is 2. The first-order valence-electron chi connectivity index (χ1n) is 11.9. The number of aliphatic hydroxyl groups is 1. The minimum atomic E-state index is -0.638. The molecule has 2 aliphatic heterocycles. The van der Waals surface area contributed by atoms with Crippen LogP contribution in [0.3, 0.4) is 0 Å². The maximum Gasteiger partial charge on any atom is 0.276 e. The Kier molecular flexibility index (Phi) is 6.77. The number of β-amino-alcohol motifs (C(OH)–C–C–N with tert-alkyl or cyclic N) is 1. The van der Waals surface area contributed by atoms with Crippen molar-refractivity contribution in [2.75, 3.05) is 44.7 Å². The van der Waals surface area contributed by atoms with Gasteiger partial charge in [0.1, 0.15) is 4.70 Å². The van der Waals surface area contributed by atoms with E-state index in [4.69, 9.17) is 16.3 Å². The lowest BCUT2D eigenvalue weighted by Gasteiger charge is -2.33. The lowest BCUT2D eigenvalue weighted by Crippen LogP contribution is -2.49. The molecule has 2 N–H and O–H groups in total. The molecule has 192 valence electrons. The first kappa shape index (κ1) is 25.1. The third kappa shape index (κ3) is 4.85. The topological polar surface area (TPSA) is 113 Å². The van der Waals surface area contributed by atoms with Crippen LogP contribution in [-0.2, 0) is 10.3 Å². The van der Waals surface area contributed by atoms with Gasteiger partial charge < -0.3 is 14.7 Å².